The molecule has 0 bridgehead atoms. The molecule has 138 valence electrons. The number of nitro benzene ring substituents is 1. The molecule has 0 N–H and O–H groups in total. The monoisotopic (exact) mass is 369 g/mol. The highest BCUT2D eigenvalue weighted by Crippen LogP contribution is 2.32. The third kappa shape index (κ3) is 3.42. The summed E-state index contributed by atoms with van der Waals surface area (Å²) in [5.41, 5.74) is 4.35. The minimum Gasteiger partial charge on any atom is -0.321 e. The van der Waals surface area contributed by atoms with Crippen molar-refractivity contribution in [2.75, 3.05) is 0 Å². The average molecular weight is 369 g/mol. The van der Waals surface area contributed by atoms with Crippen LogP contribution in [-0.2, 0) is 6.54 Å². The van der Waals surface area contributed by atoms with Gasteiger partial charge in [-0.15, -0.1) is 0 Å². The van der Waals surface area contributed by atoms with E-state index in [1.165, 1.54) is 23.1 Å². The Kier molecular flexibility index (Phi) is 4.72. The number of rotatable bonds is 5. The molecule has 0 fully saturated rings. The van der Waals surface area contributed by atoms with Crippen molar-refractivity contribution in [3.05, 3.63) is 106 Å². The third-order valence-corrected chi connectivity index (χ3v) is 4.81. The number of benzene rings is 3. The lowest BCUT2D eigenvalue weighted by molar-refractivity contribution is -0.384. The molecule has 0 aliphatic carbocycles. The lowest BCUT2D eigenvalue weighted by atomic mass is 10.2. The molecular formula is C23H19N3O2. The van der Waals surface area contributed by atoms with Crippen LogP contribution in [0.1, 0.15) is 16.7 Å². The van der Waals surface area contributed by atoms with E-state index in [4.69, 9.17) is 4.99 Å². The summed E-state index contributed by atoms with van der Waals surface area (Å²) in [5.74, 6) is 0.892. The van der Waals surface area contributed by atoms with Crippen LogP contribution in [-0.4, -0.2) is 15.7 Å². The Balaban J connectivity index is 1.76. The van der Waals surface area contributed by atoms with Crippen molar-refractivity contribution >= 4 is 28.6 Å². The minimum absolute atomic E-state index is 0.0755. The Morgan fingerprint density at radius 1 is 0.964 bits per heavy atom. The summed E-state index contributed by atoms with van der Waals surface area (Å²) in [4.78, 5) is 15.2. The molecule has 1 aromatic heterocycles. The van der Waals surface area contributed by atoms with Crippen LogP contribution in [0.2, 0.25) is 0 Å². The minimum atomic E-state index is -0.400. The van der Waals surface area contributed by atoms with E-state index < -0.39 is 4.92 Å². The second-order valence-electron chi connectivity index (χ2n) is 6.64. The quantitative estimate of drug-likeness (QED) is 0.259. The van der Waals surface area contributed by atoms with Crippen LogP contribution in [0.4, 0.5) is 11.5 Å². The van der Waals surface area contributed by atoms with Crippen LogP contribution in [0.25, 0.3) is 10.9 Å². The number of hydrogen-bond donors (Lipinski definition) is 0. The first-order valence-corrected chi connectivity index (χ1v) is 9.04. The SMILES string of the molecule is Cc1c(N=Cc2ccc([N+](=O)[O-])cc2)n(Cc2ccccc2)c2ccccc12. The number of aromatic nitrogens is 1. The van der Waals surface area contributed by atoms with Crippen LogP contribution >= 0.6 is 0 Å². The topological polar surface area (TPSA) is 60.4 Å². The first-order chi connectivity index (χ1) is 13.6. The van der Waals surface area contributed by atoms with Crippen molar-refractivity contribution < 1.29 is 4.92 Å². The van der Waals surface area contributed by atoms with Gasteiger partial charge in [0, 0.05) is 35.8 Å². The van der Waals surface area contributed by atoms with Crippen LogP contribution < -0.4 is 0 Å². The van der Waals surface area contributed by atoms with Crippen LogP contribution in [0.15, 0.2) is 83.9 Å². The number of fused-ring (bicyclic) bond motifs is 1. The van der Waals surface area contributed by atoms with Gasteiger partial charge >= 0.3 is 0 Å². The standard InChI is InChI=1S/C23H19N3O2/c1-17-21-9-5-6-10-22(21)25(16-19-7-3-2-4-8-19)23(17)24-15-18-11-13-20(14-12-18)26(27)28/h2-15H,16H2,1H3. The maximum absolute atomic E-state index is 10.8. The third-order valence-electron chi connectivity index (χ3n) is 4.81. The number of nitrogens with zero attached hydrogens (tertiary/aromatic N) is 3. The van der Waals surface area contributed by atoms with Gasteiger partial charge in [-0.05, 0) is 36.2 Å². The first-order valence-electron chi connectivity index (χ1n) is 9.04. The van der Waals surface area contributed by atoms with Gasteiger partial charge in [0.05, 0.1) is 10.4 Å². The Labute approximate surface area is 162 Å². The molecule has 0 radical (unpaired) electrons. The lowest BCUT2D eigenvalue weighted by Crippen LogP contribution is -1.99. The maximum atomic E-state index is 10.8. The number of para-hydroxylation sites is 1. The van der Waals surface area contributed by atoms with E-state index >= 15 is 0 Å². The summed E-state index contributed by atoms with van der Waals surface area (Å²) in [6.07, 6.45) is 1.76. The largest absolute Gasteiger partial charge is 0.321 e. The number of aryl methyl sites for hydroxylation is 1. The molecule has 1 heterocycles. The highest BCUT2D eigenvalue weighted by molar-refractivity contribution is 5.91. The summed E-state index contributed by atoms with van der Waals surface area (Å²) < 4.78 is 2.21. The molecule has 0 aliphatic heterocycles. The number of aliphatic imine (C=N–C) groups is 1. The van der Waals surface area contributed by atoms with Gasteiger partial charge in [-0.2, -0.15) is 0 Å². The highest BCUT2D eigenvalue weighted by atomic mass is 16.6. The van der Waals surface area contributed by atoms with E-state index in [0.717, 1.165) is 29.0 Å². The zero-order chi connectivity index (χ0) is 19.5. The molecule has 0 unspecified atom stereocenters. The van der Waals surface area contributed by atoms with Crippen LogP contribution in [0.3, 0.4) is 0 Å². The molecular weight excluding hydrogens is 350 g/mol. The zero-order valence-electron chi connectivity index (χ0n) is 15.4. The molecule has 0 amide bonds. The molecule has 0 spiro atoms. The van der Waals surface area contributed by atoms with Crippen molar-refractivity contribution in [2.45, 2.75) is 13.5 Å². The van der Waals surface area contributed by atoms with E-state index in [-0.39, 0.29) is 5.69 Å². The molecule has 0 aliphatic rings. The van der Waals surface area contributed by atoms with Gasteiger partial charge in [0.25, 0.3) is 5.69 Å². The summed E-state index contributed by atoms with van der Waals surface area (Å²) in [6, 6.07) is 25.0. The van der Waals surface area contributed by atoms with Gasteiger partial charge in [-0.25, -0.2) is 4.99 Å². The highest BCUT2D eigenvalue weighted by Gasteiger charge is 2.13. The van der Waals surface area contributed by atoms with Crippen molar-refractivity contribution in [1.29, 1.82) is 0 Å². The van der Waals surface area contributed by atoms with Gasteiger partial charge in [0.1, 0.15) is 5.82 Å². The fraction of sp³-hybridized carbons (Fsp3) is 0.0870. The fourth-order valence-corrected chi connectivity index (χ4v) is 3.37. The van der Waals surface area contributed by atoms with E-state index in [9.17, 15) is 10.1 Å². The average Bonchev–Trinajstić information content (AvgIpc) is 2.99. The van der Waals surface area contributed by atoms with Crippen molar-refractivity contribution in [2.24, 2.45) is 4.99 Å². The number of hydrogen-bond acceptors (Lipinski definition) is 3. The van der Waals surface area contributed by atoms with E-state index in [2.05, 4.69) is 35.8 Å². The molecule has 5 heteroatoms. The normalized spacial score (nSPS) is 11.3. The Bertz CT molecular complexity index is 1160. The number of nitro groups is 1. The Hall–Kier alpha value is -3.73. The predicted molar refractivity (Wildman–Crippen MR) is 113 cm³/mol. The lowest BCUT2D eigenvalue weighted by Gasteiger charge is -2.09. The van der Waals surface area contributed by atoms with Crippen molar-refractivity contribution in [1.82, 2.24) is 4.57 Å². The van der Waals surface area contributed by atoms with E-state index in [1.54, 1.807) is 18.3 Å². The van der Waals surface area contributed by atoms with Gasteiger partial charge < -0.3 is 4.57 Å². The smallest absolute Gasteiger partial charge is 0.269 e. The van der Waals surface area contributed by atoms with Gasteiger partial charge in [-0.3, -0.25) is 10.1 Å². The first kappa shape index (κ1) is 17.7. The van der Waals surface area contributed by atoms with E-state index in [1.807, 2.05) is 30.3 Å². The van der Waals surface area contributed by atoms with Crippen LogP contribution in [0, 0.1) is 17.0 Å². The molecule has 0 saturated heterocycles. The summed E-state index contributed by atoms with van der Waals surface area (Å²) >= 11 is 0. The van der Waals surface area contributed by atoms with Crippen molar-refractivity contribution in [3.8, 4) is 0 Å². The van der Waals surface area contributed by atoms with Crippen LogP contribution in [0.5, 0.6) is 0 Å². The molecule has 4 aromatic rings. The zero-order valence-corrected chi connectivity index (χ0v) is 15.4. The van der Waals surface area contributed by atoms with Gasteiger partial charge in [0.2, 0.25) is 0 Å². The Morgan fingerprint density at radius 3 is 2.36 bits per heavy atom. The summed E-state index contributed by atoms with van der Waals surface area (Å²) in [6.45, 7) is 2.80. The molecule has 4 rings (SSSR count). The summed E-state index contributed by atoms with van der Waals surface area (Å²) in [7, 11) is 0. The number of non-ortho nitro benzene ring substituents is 1. The molecule has 28 heavy (non-hydrogen) atoms. The fourth-order valence-electron chi connectivity index (χ4n) is 3.37. The molecule has 5 nitrogen and oxygen atoms in total. The Morgan fingerprint density at radius 2 is 1.64 bits per heavy atom. The predicted octanol–water partition coefficient (Wildman–Crippen LogP) is 5.66. The molecule has 3 aromatic carbocycles. The second kappa shape index (κ2) is 7.48. The van der Waals surface area contributed by atoms with E-state index in [0.29, 0.717) is 0 Å². The summed E-state index contributed by atoms with van der Waals surface area (Å²) in [5, 5.41) is 12.0. The molecule has 0 saturated carbocycles. The van der Waals surface area contributed by atoms with Gasteiger partial charge in [-0.1, -0.05) is 48.5 Å². The van der Waals surface area contributed by atoms with Crippen molar-refractivity contribution in [3.63, 3.8) is 0 Å². The maximum Gasteiger partial charge on any atom is 0.269 e. The van der Waals surface area contributed by atoms with Gasteiger partial charge in [0.15, 0.2) is 0 Å². The molecule has 0 atom stereocenters. The second-order valence-corrected chi connectivity index (χ2v) is 6.64.